The standard InChI is InChI=1S/C12H11ClFN3/c1-7-4-9(2-3-10(7)14)17-12-11(15)5-8(13)6-16-12/h2-6H,15H2,1H3,(H,16,17). The first kappa shape index (κ1) is 11.7. The normalized spacial score (nSPS) is 10.3. The fraction of sp³-hybridized carbons (Fsp3) is 0.0833. The number of aromatic nitrogens is 1. The van der Waals surface area contributed by atoms with Crippen molar-refractivity contribution in [2.75, 3.05) is 11.1 Å². The van der Waals surface area contributed by atoms with E-state index < -0.39 is 0 Å². The van der Waals surface area contributed by atoms with Crippen LogP contribution in [0.1, 0.15) is 5.56 Å². The predicted molar refractivity (Wildman–Crippen MR) is 68.1 cm³/mol. The van der Waals surface area contributed by atoms with Crippen LogP contribution >= 0.6 is 11.6 Å². The molecule has 3 N–H and O–H groups in total. The predicted octanol–water partition coefficient (Wildman–Crippen LogP) is 3.51. The van der Waals surface area contributed by atoms with Gasteiger partial charge in [0.2, 0.25) is 0 Å². The summed E-state index contributed by atoms with van der Waals surface area (Å²) in [5.41, 5.74) is 7.48. The van der Waals surface area contributed by atoms with Crippen LogP contribution in [0.4, 0.5) is 21.6 Å². The third-order valence-corrected chi connectivity index (χ3v) is 2.51. The monoisotopic (exact) mass is 251 g/mol. The van der Waals surface area contributed by atoms with E-state index in [-0.39, 0.29) is 5.82 Å². The smallest absolute Gasteiger partial charge is 0.153 e. The number of halogens is 2. The molecule has 0 spiro atoms. The van der Waals surface area contributed by atoms with Gasteiger partial charge in [0.25, 0.3) is 0 Å². The molecule has 0 atom stereocenters. The maximum absolute atomic E-state index is 13.1. The SMILES string of the molecule is Cc1cc(Nc2ncc(Cl)cc2N)ccc1F. The van der Waals surface area contributed by atoms with E-state index in [1.54, 1.807) is 25.1 Å². The zero-order chi connectivity index (χ0) is 12.4. The van der Waals surface area contributed by atoms with Gasteiger partial charge in [-0.1, -0.05) is 11.6 Å². The van der Waals surface area contributed by atoms with Crippen molar-refractivity contribution in [2.45, 2.75) is 6.92 Å². The number of benzene rings is 1. The highest BCUT2D eigenvalue weighted by molar-refractivity contribution is 6.30. The van der Waals surface area contributed by atoms with Gasteiger partial charge in [-0.25, -0.2) is 9.37 Å². The lowest BCUT2D eigenvalue weighted by molar-refractivity contribution is 0.619. The number of pyridine rings is 1. The van der Waals surface area contributed by atoms with Gasteiger partial charge in [0, 0.05) is 11.9 Å². The van der Waals surface area contributed by atoms with Crippen molar-refractivity contribution in [1.82, 2.24) is 4.98 Å². The van der Waals surface area contributed by atoms with Crippen molar-refractivity contribution in [3.05, 3.63) is 46.9 Å². The molecular formula is C12H11ClFN3. The average Bonchev–Trinajstić information content (AvgIpc) is 2.27. The number of nitrogens with two attached hydrogens (primary N) is 1. The maximum Gasteiger partial charge on any atom is 0.153 e. The molecule has 1 heterocycles. The third-order valence-electron chi connectivity index (χ3n) is 2.30. The van der Waals surface area contributed by atoms with Gasteiger partial charge in [-0.3, -0.25) is 0 Å². The van der Waals surface area contributed by atoms with Crippen LogP contribution in [0.3, 0.4) is 0 Å². The average molecular weight is 252 g/mol. The van der Waals surface area contributed by atoms with E-state index >= 15 is 0 Å². The molecule has 0 aliphatic carbocycles. The molecule has 0 unspecified atom stereocenters. The number of anilines is 3. The van der Waals surface area contributed by atoms with Gasteiger partial charge in [0.05, 0.1) is 10.7 Å². The Labute approximate surface area is 103 Å². The van der Waals surface area contributed by atoms with Crippen molar-refractivity contribution < 1.29 is 4.39 Å². The third kappa shape index (κ3) is 2.65. The van der Waals surface area contributed by atoms with Gasteiger partial charge in [-0.2, -0.15) is 0 Å². The molecule has 0 saturated heterocycles. The van der Waals surface area contributed by atoms with Crippen molar-refractivity contribution in [1.29, 1.82) is 0 Å². The number of nitrogens with zero attached hydrogens (tertiary/aromatic N) is 1. The molecule has 17 heavy (non-hydrogen) atoms. The van der Waals surface area contributed by atoms with Crippen LogP contribution < -0.4 is 11.1 Å². The summed E-state index contributed by atoms with van der Waals surface area (Å²) in [4.78, 5) is 4.06. The number of hydrogen-bond donors (Lipinski definition) is 2. The highest BCUT2D eigenvalue weighted by Crippen LogP contribution is 2.24. The van der Waals surface area contributed by atoms with Crippen molar-refractivity contribution >= 4 is 28.8 Å². The first-order valence-corrected chi connectivity index (χ1v) is 5.38. The molecule has 0 fully saturated rings. The van der Waals surface area contributed by atoms with E-state index in [4.69, 9.17) is 17.3 Å². The second-order valence-electron chi connectivity index (χ2n) is 3.68. The van der Waals surface area contributed by atoms with Gasteiger partial charge in [-0.15, -0.1) is 0 Å². The molecule has 0 bridgehead atoms. The first-order chi connectivity index (χ1) is 8.06. The fourth-order valence-corrected chi connectivity index (χ4v) is 1.58. The molecule has 0 radical (unpaired) electrons. The van der Waals surface area contributed by atoms with E-state index in [9.17, 15) is 4.39 Å². The second-order valence-corrected chi connectivity index (χ2v) is 4.12. The van der Waals surface area contributed by atoms with Crippen molar-refractivity contribution in [3.8, 4) is 0 Å². The Kier molecular flexibility index (Phi) is 3.15. The highest BCUT2D eigenvalue weighted by atomic mass is 35.5. The molecule has 1 aromatic carbocycles. The molecule has 2 rings (SSSR count). The largest absolute Gasteiger partial charge is 0.396 e. The fourth-order valence-electron chi connectivity index (χ4n) is 1.42. The molecule has 1 aromatic heterocycles. The molecule has 0 aliphatic rings. The molecule has 88 valence electrons. The zero-order valence-electron chi connectivity index (χ0n) is 9.17. The summed E-state index contributed by atoms with van der Waals surface area (Å²) in [6.45, 7) is 1.69. The molecular weight excluding hydrogens is 241 g/mol. The number of aryl methyl sites for hydroxylation is 1. The quantitative estimate of drug-likeness (QED) is 0.859. The zero-order valence-corrected chi connectivity index (χ0v) is 9.92. The minimum atomic E-state index is -0.243. The number of rotatable bonds is 2. The Morgan fingerprint density at radius 2 is 2.12 bits per heavy atom. The Morgan fingerprint density at radius 3 is 2.76 bits per heavy atom. The Morgan fingerprint density at radius 1 is 1.35 bits per heavy atom. The van der Waals surface area contributed by atoms with Gasteiger partial charge in [-0.05, 0) is 36.8 Å². The molecule has 0 aliphatic heterocycles. The van der Waals surface area contributed by atoms with Crippen LogP contribution in [0.25, 0.3) is 0 Å². The number of nitrogens with one attached hydrogen (secondary N) is 1. The van der Waals surface area contributed by atoms with E-state index in [0.29, 0.717) is 22.1 Å². The van der Waals surface area contributed by atoms with E-state index in [1.165, 1.54) is 12.3 Å². The summed E-state index contributed by atoms with van der Waals surface area (Å²) < 4.78 is 13.1. The molecule has 5 heteroatoms. The van der Waals surface area contributed by atoms with E-state index in [1.807, 2.05) is 0 Å². The lowest BCUT2D eigenvalue weighted by Gasteiger charge is -2.09. The van der Waals surface area contributed by atoms with Crippen LogP contribution in [-0.4, -0.2) is 4.98 Å². The van der Waals surface area contributed by atoms with Gasteiger partial charge in [0.1, 0.15) is 5.82 Å². The number of nitrogen functional groups attached to an aromatic ring is 1. The summed E-state index contributed by atoms with van der Waals surface area (Å²) >= 11 is 5.75. The van der Waals surface area contributed by atoms with E-state index in [2.05, 4.69) is 10.3 Å². The van der Waals surface area contributed by atoms with Gasteiger partial charge < -0.3 is 11.1 Å². The Balaban J connectivity index is 2.28. The molecule has 3 nitrogen and oxygen atoms in total. The van der Waals surface area contributed by atoms with Crippen LogP contribution in [0, 0.1) is 12.7 Å². The second kappa shape index (κ2) is 4.59. The summed E-state index contributed by atoms with van der Waals surface area (Å²) in [7, 11) is 0. The van der Waals surface area contributed by atoms with Crippen molar-refractivity contribution in [2.24, 2.45) is 0 Å². The lowest BCUT2D eigenvalue weighted by atomic mass is 10.2. The van der Waals surface area contributed by atoms with E-state index in [0.717, 1.165) is 5.69 Å². The van der Waals surface area contributed by atoms with Crippen LogP contribution in [0.5, 0.6) is 0 Å². The van der Waals surface area contributed by atoms with Gasteiger partial charge in [0.15, 0.2) is 5.82 Å². The van der Waals surface area contributed by atoms with Crippen LogP contribution in [0.15, 0.2) is 30.5 Å². The Bertz CT molecular complexity index is 557. The molecule has 0 saturated carbocycles. The summed E-state index contributed by atoms with van der Waals surface area (Å²) in [6, 6.07) is 6.31. The Hall–Kier alpha value is -1.81. The maximum atomic E-state index is 13.1. The van der Waals surface area contributed by atoms with Crippen molar-refractivity contribution in [3.63, 3.8) is 0 Å². The topological polar surface area (TPSA) is 50.9 Å². The lowest BCUT2D eigenvalue weighted by Crippen LogP contribution is -1.99. The summed E-state index contributed by atoms with van der Waals surface area (Å²) in [6.07, 6.45) is 1.50. The van der Waals surface area contributed by atoms with Crippen LogP contribution in [0.2, 0.25) is 5.02 Å². The summed E-state index contributed by atoms with van der Waals surface area (Å²) in [5, 5.41) is 3.48. The minimum Gasteiger partial charge on any atom is -0.396 e. The van der Waals surface area contributed by atoms with Crippen LogP contribution in [-0.2, 0) is 0 Å². The first-order valence-electron chi connectivity index (χ1n) is 5.00. The molecule has 2 aromatic rings. The summed E-state index contributed by atoms with van der Waals surface area (Å²) in [5.74, 6) is 0.257. The minimum absolute atomic E-state index is 0.243. The number of hydrogen-bond acceptors (Lipinski definition) is 3. The van der Waals surface area contributed by atoms with Gasteiger partial charge >= 0.3 is 0 Å². The highest BCUT2D eigenvalue weighted by Gasteiger charge is 2.04. The molecule has 0 amide bonds.